The summed E-state index contributed by atoms with van der Waals surface area (Å²) in [6.07, 6.45) is -1.38. The van der Waals surface area contributed by atoms with Gasteiger partial charge >= 0.3 is 12.1 Å². The Bertz CT molecular complexity index is 405. The maximum atomic E-state index is 10.7. The number of carbonyl (C=O) groups is 2. The molecule has 3 N–H and O–H groups in total. The maximum Gasteiger partial charge on any atom is 0.450 e. The van der Waals surface area contributed by atoms with Crippen molar-refractivity contribution in [2.75, 3.05) is 12.3 Å². The minimum atomic E-state index is -1.38. The topological polar surface area (TPSA) is 119 Å². The van der Waals surface area contributed by atoms with Crippen LogP contribution in [0.5, 0.6) is 5.88 Å². The van der Waals surface area contributed by atoms with Crippen molar-refractivity contribution in [1.82, 2.24) is 9.69 Å². The number of thioether (sulfide) groups is 1. The fourth-order valence-electron chi connectivity index (χ4n) is 0.846. The smallest absolute Gasteiger partial charge is 0.450 e. The number of aromatic nitrogens is 1. The van der Waals surface area contributed by atoms with Gasteiger partial charge in [-0.2, -0.15) is 4.37 Å². The number of rotatable bonds is 5. The fourth-order valence-corrected chi connectivity index (χ4v) is 2.66. The molecule has 0 saturated heterocycles. The number of carboxylic acids is 1. The number of hydrogen-bond acceptors (Lipinski definition) is 6. The lowest BCUT2D eigenvalue weighted by Crippen LogP contribution is -2.22. The predicted octanol–water partition coefficient (Wildman–Crippen LogP) is 0.779. The number of hydrogen-bond donors (Lipinski definition) is 3. The second kappa shape index (κ2) is 5.56. The van der Waals surface area contributed by atoms with Crippen LogP contribution in [0.3, 0.4) is 0 Å². The Morgan fingerprint density at radius 1 is 1.50 bits per heavy atom. The average molecular weight is 263 g/mol. The molecule has 87 valence electrons. The van der Waals surface area contributed by atoms with E-state index in [1.165, 1.54) is 0 Å². The van der Waals surface area contributed by atoms with Crippen molar-refractivity contribution in [3.05, 3.63) is 5.56 Å². The van der Waals surface area contributed by atoms with Crippen molar-refractivity contribution in [1.29, 1.82) is 0 Å². The van der Waals surface area contributed by atoms with Crippen LogP contribution in [-0.2, 0) is 5.11 Å². The average Bonchev–Trinajstić information content (AvgIpc) is 2.54. The molecule has 7 nitrogen and oxygen atoms in total. The lowest BCUT2D eigenvalue weighted by Gasteiger charge is -1.99. The van der Waals surface area contributed by atoms with Crippen LogP contribution >= 0.6 is 23.3 Å². The molecule has 0 aromatic carbocycles. The molecule has 0 aliphatic carbocycles. The Kier molecular flexibility index (Phi) is 4.38. The number of nitrogens with one attached hydrogen (secondary N) is 1. The summed E-state index contributed by atoms with van der Waals surface area (Å²) in [5, 5.41) is 29.9. The highest BCUT2D eigenvalue weighted by Crippen LogP contribution is 2.32. The summed E-state index contributed by atoms with van der Waals surface area (Å²) in [4.78, 5) is 20.7. The molecule has 1 amide bonds. The molecule has 1 radical (unpaired) electrons. The Morgan fingerprint density at radius 2 is 2.19 bits per heavy atom. The lowest BCUT2D eigenvalue weighted by molar-refractivity contribution is 0.0690. The van der Waals surface area contributed by atoms with Gasteiger partial charge in [0.1, 0.15) is 5.56 Å². The molecule has 16 heavy (non-hydrogen) atoms. The Morgan fingerprint density at radius 3 is 2.75 bits per heavy atom. The van der Waals surface area contributed by atoms with Crippen molar-refractivity contribution in [3.63, 3.8) is 0 Å². The Balaban J connectivity index is 2.54. The molecule has 0 saturated carbocycles. The number of carboxylic acid groups (broad SMARTS) is 1. The van der Waals surface area contributed by atoms with E-state index in [0.717, 1.165) is 23.3 Å². The van der Waals surface area contributed by atoms with Crippen LogP contribution in [0.1, 0.15) is 10.4 Å². The first-order valence-corrected chi connectivity index (χ1v) is 5.78. The summed E-state index contributed by atoms with van der Waals surface area (Å²) in [6.45, 7) is 0.130. The summed E-state index contributed by atoms with van der Waals surface area (Å²) in [5.41, 5.74) is -0.247. The van der Waals surface area contributed by atoms with Gasteiger partial charge in [0, 0.05) is 12.3 Å². The zero-order valence-electron chi connectivity index (χ0n) is 7.80. The summed E-state index contributed by atoms with van der Waals surface area (Å²) >= 11 is 1.95. The van der Waals surface area contributed by atoms with E-state index in [-0.39, 0.29) is 12.1 Å². The predicted molar refractivity (Wildman–Crippen MR) is 55.5 cm³/mol. The summed E-state index contributed by atoms with van der Waals surface area (Å²) in [6, 6.07) is 0. The molecule has 0 aliphatic rings. The standard InChI is InChI=1S/C7H7N2O5S2/c10-4-3(5(11)12)6(16-9-4)15-2-1-8-7(13)14/h8H,1-2H2,(H,9,10)(H,11,12). The molecule has 0 spiro atoms. The van der Waals surface area contributed by atoms with E-state index < -0.39 is 17.9 Å². The first kappa shape index (κ1) is 12.6. The van der Waals surface area contributed by atoms with E-state index in [1.807, 2.05) is 5.32 Å². The number of carbonyl (C=O) groups excluding carboxylic acids is 1. The lowest BCUT2D eigenvalue weighted by atomic mass is 10.4. The Hall–Kier alpha value is -1.48. The molecule has 0 unspecified atom stereocenters. The molecule has 1 aromatic heterocycles. The van der Waals surface area contributed by atoms with Gasteiger partial charge in [-0.3, -0.25) is 0 Å². The number of amides is 1. The number of aromatic hydroxyl groups is 1. The molecular weight excluding hydrogens is 256 g/mol. The molecular formula is C7H7N2O5S2. The van der Waals surface area contributed by atoms with Gasteiger partial charge < -0.3 is 15.5 Å². The highest BCUT2D eigenvalue weighted by atomic mass is 32.2. The fraction of sp³-hybridized carbons (Fsp3) is 0.286. The van der Waals surface area contributed by atoms with E-state index in [0.29, 0.717) is 9.96 Å². The van der Waals surface area contributed by atoms with Crippen molar-refractivity contribution in [2.24, 2.45) is 0 Å². The molecule has 1 rings (SSSR count). The van der Waals surface area contributed by atoms with Crippen molar-refractivity contribution >= 4 is 35.4 Å². The second-order valence-electron chi connectivity index (χ2n) is 2.54. The van der Waals surface area contributed by atoms with Gasteiger partial charge in [-0.15, -0.1) is 11.8 Å². The van der Waals surface area contributed by atoms with Crippen LogP contribution in [-0.4, -0.2) is 38.9 Å². The van der Waals surface area contributed by atoms with Gasteiger partial charge in [0.2, 0.25) is 5.88 Å². The van der Waals surface area contributed by atoms with Crippen LogP contribution in [0.25, 0.3) is 0 Å². The SMILES string of the molecule is [O]C(=O)NCCSc1snc(O)c1C(=O)O. The van der Waals surface area contributed by atoms with E-state index in [1.54, 1.807) is 0 Å². The molecule has 1 aromatic rings. The quantitative estimate of drug-likeness (QED) is 0.533. The van der Waals surface area contributed by atoms with Gasteiger partial charge in [0.05, 0.1) is 4.21 Å². The normalized spacial score (nSPS) is 10.0. The van der Waals surface area contributed by atoms with Gasteiger partial charge in [0.25, 0.3) is 0 Å². The van der Waals surface area contributed by atoms with E-state index in [4.69, 9.17) is 10.2 Å². The number of nitrogens with zero attached hydrogens (tertiary/aromatic N) is 1. The molecule has 9 heteroatoms. The molecule has 0 aliphatic heterocycles. The Labute approximate surface area is 98.3 Å². The summed E-state index contributed by atoms with van der Waals surface area (Å²) in [5.74, 6) is -1.45. The van der Waals surface area contributed by atoms with E-state index in [9.17, 15) is 14.7 Å². The van der Waals surface area contributed by atoms with Crippen LogP contribution in [0.15, 0.2) is 4.21 Å². The van der Waals surface area contributed by atoms with Crippen molar-refractivity contribution in [3.8, 4) is 5.88 Å². The van der Waals surface area contributed by atoms with Gasteiger partial charge in [-0.1, -0.05) is 0 Å². The summed E-state index contributed by atoms with van der Waals surface area (Å²) < 4.78 is 3.84. The minimum Gasteiger partial charge on any atom is -0.492 e. The highest BCUT2D eigenvalue weighted by Gasteiger charge is 2.19. The maximum absolute atomic E-state index is 10.7. The third-order valence-electron chi connectivity index (χ3n) is 1.46. The van der Waals surface area contributed by atoms with E-state index >= 15 is 0 Å². The minimum absolute atomic E-state index is 0.130. The largest absolute Gasteiger partial charge is 0.492 e. The molecule has 0 fully saturated rings. The zero-order valence-corrected chi connectivity index (χ0v) is 9.43. The molecule has 0 bridgehead atoms. The van der Waals surface area contributed by atoms with Crippen molar-refractivity contribution < 1.29 is 24.9 Å². The van der Waals surface area contributed by atoms with Crippen molar-refractivity contribution in [2.45, 2.75) is 4.21 Å². The first-order chi connectivity index (χ1) is 7.52. The van der Waals surface area contributed by atoms with Gasteiger partial charge in [-0.05, 0) is 11.5 Å². The van der Waals surface area contributed by atoms with Gasteiger partial charge in [0.15, 0.2) is 0 Å². The van der Waals surface area contributed by atoms with Crippen LogP contribution in [0.2, 0.25) is 0 Å². The molecule has 0 atom stereocenters. The van der Waals surface area contributed by atoms with Crippen LogP contribution < -0.4 is 5.32 Å². The second-order valence-corrected chi connectivity index (χ2v) is 4.67. The highest BCUT2D eigenvalue weighted by molar-refractivity contribution is 8.01. The first-order valence-electron chi connectivity index (χ1n) is 4.02. The summed E-state index contributed by atoms with van der Waals surface area (Å²) in [7, 11) is 0. The van der Waals surface area contributed by atoms with Crippen LogP contribution in [0.4, 0.5) is 4.79 Å². The van der Waals surface area contributed by atoms with Gasteiger partial charge in [-0.25, -0.2) is 14.7 Å². The monoisotopic (exact) mass is 263 g/mol. The third kappa shape index (κ3) is 3.28. The third-order valence-corrected chi connectivity index (χ3v) is 3.55. The zero-order chi connectivity index (χ0) is 12.1. The van der Waals surface area contributed by atoms with Crippen LogP contribution in [0, 0.1) is 0 Å². The molecule has 1 heterocycles. The number of aromatic carboxylic acids is 1. The van der Waals surface area contributed by atoms with E-state index in [2.05, 4.69) is 4.37 Å².